The second-order valence-electron chi connectivity index (χ2n) is 4.79. The highest BCUT2D eigenvalue weighted by atomic mass is 16.5. The van der Waals surface area contributed by atoms with E-state index in [1.807, 2.05) is 35.2 Å². The standard InChI is InChI=1S/C15H22N2O2/c18-15(17-11-5-2-6-12-17)16-10-7-13-19-14-8-3-1-4-9-14/h1,3-4,8-9H,2,5-7,10-13H2,(H,16,18). The third kappa shape index (κ3) is 4.81. The Labute approximate surface area is 114 Å². The van der Waals surface area contributed by atoms with Crippen LogP contribution in [0.4, 0.5) is 4.79 Å². The van der Waals surface area contributed by atoms with Gasteiger partial charge in [-0.3, -0.25) is 0 Å². The Morgan fingerprint density at radius 3 is 2.63 bits per heavy atom. The minimum Gasteiger partial charge on any atom is -0.494 e. The van der Waals surface area contributed by atoms with Crippen molar-refractivity contribution in [3.63, 3.8) is 0 Å². The molecular weight excluding hydrogens is 240 g/mol. The van der Waals surface area contributed by atoms with Crippen LogP contribution in [0, 0.1) is 0 Å². The number of likely N-dealkylation sites (tertiary alicyclic amines) is 1. The number of rotatable bonds is 5. The largest absolute Gasteiger partial charge is 0.494 e. The molecule has 1 aliphatic heterocycles. The third-order valence-corrected chi connectivity index (χ3v) is 3.25. The lowest BCUT2D eigenvalue weighted by Crippen LogP contribution is -2.43. The Hall–Kier alpha value is -1.71. The molecule has 19 heavy (non-hydrogen) atoms. The smallest absolute Gasteiger partial charge is 0.317 e. The van der Waals surface area contributed by atoms with Gasteiger partial charge in [0.15, 0.2) is 0 Å². The number of hydrogen-bond donors (Lipinski definition) is 1. The minimum absolute atomic E-state index is 0.0689. The van der Waals surface area contributed by atoms with Crippen LogP contribution in [0.1, 0.15) is 25.7 Å². The highest BCUT2D eigenvalue weighted by molar-refractivity contribution is 5.74. The molecule has 0 radical (unpaired) electrons. The fourth-order valence-corrected chi connectivity index (χ4v) is 2.18. The van der Waals surface area contributed by atoms with Crippen molar-refractivity contribution < 1.29 is 9.53 Å². The molecule has 104 valence electrons. The molecule has 2 amide bonds. The van der Waals surface area contributed by atoms with Crippen LogP contribution >= 0.6 is 0 Å². The summed E-state index contributed by atoms with van der Waals surface area (Å²) in [6.45, 7) is 3.09. The fraction of sp³-hybridized carbons (Fsp3) is 0.533. The summed E-state index contributed by atoms with van der Waals surface area (Å²) in [6, 6.07) is 9.81. The number of piperidine rings is 1. The number of carbonyl (C=O) groups is 1. The summed E-state index contributed by atoms with van der Waals surface area (Å²) in [5, 5.41) is 2.95. The zero-order valence-corrected chi connectivity index (χ0v) is 11.3. The van der Waals surface area contributed by atoms with E-state index < -0.39 is 0 Å². The molecule has 0 bridgehead atoms. The normalized spacial score (nSPS) is 15.1. The first-order chi connectivity index (χ1) is 9.36. The molecule has 2 rings (SSSR count). The fourth-order valence-electron chi connectivity index (χ4n) is 2.18. The zero-order valence-electron chi connectivity index (χ0n) is 11.3. The Morgan fingerprint density at radius 1 is 1.16 bits per heavy atom. The summed E-state index contributed by atoms with van der Waals surface area (Å²) >= 11 is 0. The lowest BCUT2D eigenvalue weighted by molar-refractivity contribution is 0.185. The van der Waals surface area contributed by atoms with Crippen LogP contribution in [0.5, 0.6) is 5.75 Å². The van der Waals surface area contributed by atoms with E-state index in [-0.39, 0.29) is 6.03 Å². The summed E-state index contributed by atoms with van der Waals surface area (Å²) in [7, 11) is 0. The Morgan fingerprint density at radius 2 is 1.89 bits per heavy atom. The van der Waals surface area contributed by atoms with Crippen molar-refractivity contribution in [2.45, 2.75) is 25.7 Å². The first-order valence-corrected chi connectivity index (χ1v) is 7.07. The second-order valence-corrected chi connectivity index (χ2v) is 4.79. The molecule has 1 fully saturated rings. The summed E-state index contributed by atoms with van der Waals surface area (Å²) < 4.78 is 5.57. The summed E-state index contributed by atoms with van der Waals surface area (Å²) in [5.41, 5.74) is 0. The molecule has 0 saturated carbocycles. The number of benzene rings is 1. The van der Waals surface area contributed by atoms with E-state index >= 15 is 0 Å². The van der Waals surface area contributed by atoms with Gasteiger partial charge in [0.1, 0.15) is 5.75 Å². The molecule has 1 aromatic carbocycles. The maximum absolute atomic E-state index is 11.8. The van der Waals surface area contributed by atoms with E-state index in [2.05, 4.69) is 5.32 Å². The number of carbonyl (C=O) groups excluding carboxylic acids is 1. The number of nitrogens with one attached hydrogen (secondary N) is 1. The van der Waals surface area contributed by atoms with E-state index in [9.17, 15) is 4.79 Å². The first-order valence-electron chi connectivity index (χ1n) is 7.07. The van der Waals surface area contributed by atoms with Crippen LogP contribution in [-0.4, -0.2) is 37.2 Å². The monoisotopic (exact) mass is 262 g/mol. The predicted molar refractivity (Wildman–Crippen MR) is 75.4 cm³/mol. The first kappa shape index (κ1) is 13.7. The summed E-state index contributed by atoms with van der Waals surface area (Å²) in [5.74, 6) is 0.879. The number of hydrogen-bond acceptors (Lipinski definition) is 2. The van der Waals surface area contributed by atoms with Gasteiger partial charge in [-0.05, 0) is 37.8 Å². The quantitative estimate of drug-likeness (QED) is 0.829. The van der Waals surface area contributed by atoms with Crippen molar-refractivity contribution in [2.75, 3.05) is 26.2 Å². The van der Waals surface area contributed by atoms with Crippen LogP contribution in [0.25, 0.3) is 0 Å². The molecule has 1 N–H and O–H groups in total. The second kappa shape index (κ2) is 7.67. The summed E-state index contributed by atoms with van der Waals surface area (Å²) in [6.07, 6.45) is 4.33. The zero-order chi connectivity index (χ0) is 13.3. The van der Waals surface area contributed by atoms with Crippen LogP contribution in [-0.2, 0) is 0 Å². The molecule has 0 unspecified atom stereocenters. The van der Waals surface area contributed by atoms with Crippen LogP contribution in [0.15, 0.2) is 30.3 Å². The van der Waals surface area contributed by atoms with Crippen molar-refractivity contribution in [3.05, 3.63) is 30.3 Å². The molecule has 1 aromatic rings. The molecule has 4 heteroatoms. The number of urea groups is 1. The van der Waals surface area contributed by atoms with Crippen molar-refractivity contribution in [1.29, 1.82) is 0 Å². The van der Waals surface area contributed by atoms with Gasteiger partial charge in [-0.2, -0.15) is 0 Å². The van der Waals surface area contributed by atoms with E-state index in [0.29, 0.717) is 13.2 Å². The molecular formula is C15H22N2O2. The van der Waals surface area contributed by atoms with Gasteiger partial charge in [0, 0.05) is 19.6 Å². The lowest BCUT2D eigenvalue weighted by atomic mass is 10.1. The van der Waals surface area contributed by atoms with Gasteiger partial charge < -0.3 is 15.0 Å². The SMILES string of the molecule is O=C(NCCCOc1ccccc1)N1CCCCC1. The maximum Gasteiger partial charge on any atom is 0.317 e. The molecule has 0 aliphatic carbocycles. The van der Waals surface area contributed by atoms with Gasteiger partial charge in [-0.25, -0.2) is 4.79 Å². The predicted octanol–water partition coefficient (Wildman–Crippen LogP) is 2.65. The van der Waals surface area contributed by atoms with Crippen molar-refractivity contribution in [2.24, 2.45) is 0 Å². The highest BCUT2D eigenvalue weighted by Gasteiger charge is 2.15. The molecule has 1 saturated heterocycles. The minimum atomic E-state index is 0.0689. The van der Waals surface area contributed by atoms with Crippen LogP contribution in [0.3, 0.4) is 0 Å². The number of amides is 2. The van der Waals surface area contributed by atoms with E-state index in [1.165, 1.54) is 6.42 Å². The van der Waals surface area contributed by atoms with Gasteiger partial charge in [0.2, 0.25) is 0 Å². The van der Waals surface area contributed by atoms with Crippen molar-refractivity contribution in [1.82, 2.24) is 10.2 Å². The topological polar surface area (TPSA) is 41.6 Å². The lowest BCUT2D eigenvalue weighted by Gasteiger charge is -2.26. The third-order valence-electron chi connectivity index (χ3n) is 3.25. The Balaban J connectivity index is 1.55. The average molecular weight is 262 g/mol. The Bertz CT molecular complexity index is 375. The summed E-state index contributed by atoms with van der Waals surface area (Å²) in [4.78, 5) is 13.7. The number of para-hydroxylation sites is 1. The highest BCUT2D eigenvalue weighted by Crippen LogP contribution is 2.09. The molecule has 1 heterocycles. The average Bonchev–Trinajstić information content (AvgIpc) is 2.49. The van der Waals surface area contributed by atoms with Gasteiger partial charge in [0.05, 0.1) is 6.61 Å². The van der Waals surface area contributed by atoms with Crippen LogP contribution in [0.2, 0.25) is 0 Å². The molecule has 0 atom stereocenters. The molecule has 0 spiro atoms. The van der Waals surface area contributed by atoms with Crippen LogP contribution < -0.4 is 10.1 Å². The molecule has 4 nitrogen and oxygen atoms in total. The van der Waals surface area contributed by atoms with E-state index in [0.717, 1.165) is 38.1 Å². The maximum atomic E-state index is 11.8. The van der Waals surface area contributed by atoms with Gasteiger partial charge in [-0.1, -0.05) is 18.2 Å². The van der Waals surface area contributed by atoms with E-state index in [1.54, 1.807) is 0 Å². The number of nitrogens with zero attached hydrogens (tertiary/aromatic N) is 1. The van der Waals surface area contributed by atoms with E-state index in [4.69, 9.17) is 4.74 Å². The van der Waals surface area contributed by atoms with Crippen molar-refractivity contribution >= 4 is 6.03 Å². The van der Waals surface area contributed by atoms with Gasteiger partial charge in [0.25, 0.3) is 0 Å². The Kier molecular flexibility index (Phi) is 5.53. The molecule has 1 aliphatic rings. The number of ether oxygens (including phenoxy) is 1. The van der Waals surface area contributed by atoms with Crippen molar-refractivity contribution in [3.8, 4) is 5.75 Å². The van der Waals surface area contributed by atoms with Gasteiger partial charge >= 0.3 is 6.03 Å². The van der Waals surface area contributed by atoms with Gasteiger partial charge in [-0.15, -0.1) is 0 Å². The molecule has 0 aromatic heterocycles.